The summed E-state index contributed by atoms with van der Waals surface area (Å²) in [6.45, 7) is 3.61. The van der Waals surface area contributed by atoms with E-state index in [0.717, 1.165) is 43.0 Å². The third kappa shape index (κ3) is 3.10. The number of aromatic nitrogens is 3. The van der Waals surface area contributed by atoms with E-state index in [1.807, 2.05) is 32.4 Å². The zero-order valence-corrected chi connectivity index (χ0v) is 13.0. The summed E-state index contributed by atoms with van der Waals surface area (Å²) >= 11 is 0. The molecule has 22 heavy (non-hydrogen) atoms. The number of rotatable bonds is 3. The number of anilines is 1. The van der Waals surface area contributed by atoms with Crippen LogP contribution in [0.25, 0.3) is 0 Å². The summed E-state index contributed by atoms with van der Waals surface area (Å²) in [7, 11) is 1.84. The van der Waals surface area contributed by atoms with Gasteiger partial charge in [-0.3, -0.25) is 4.98 Å². The lowest BCUT2D eigenvalue weighted by atomic mass is 9.99. The molecule has 0 bridgehead atoms. The van der Waals surface area contributed by atoms with Gasteiger partial charge >= 0.3 is 6.03 Å². The maximum atomic E-state index is 12.3. The highest BCUT2D eigenvalue weighted by Gasteiger charge is 2.22. The number of pyridine rings is 1. The summed E-state index contributed by atoms with van der Waals surface area (Å²) in [5.41, 5.74) is 1.78. The lowest BCUT2D eigenvalue weighted by Gasteiger charge is -2.28. The number of nitrogens with one attached hydrogen (secondary N) is 1. The predicted octanol–water partition coefficient (Wildman–Crippen LogP) is 2.31. The van der Waals surface area contributed by atoms with Crippen molar-refractivity contribution in [1.82, 2.24) is 19.4 Å². The van der Waals surface area contributed by atoms with Gasteiger partial charge in [-0.15, -0.1) is 0 Å². The van der Waals surface area contributed by atoms with Gasteiger partial charge < -0.3 is 14.8 Å². The lowest BCUT2D eigenvalue weighted by Crippen LogP contribution is -2.38. The lowest BCUT2D eigenvalue weighted by molar-refractivity contribution is 0.205. The molecule has 0 saturated carbocycles. The standard InChI is InChI=1S/C16H21N5O/c1-12-9-17-6-5-14(12)19-16(22)20(2)10-13-3-4-15-18-7-8-21(15)11-13/h5-9,13H,3-4,10-11H2,1-2H3,(H,17,19,22). The van der Waals surface area contributed by atoms with Crippen LogP contribution in [0.5, 0.6) is 0 Å². The van der Waals surface area contributed by atoms with Gasteiger partial charge in [0.05, 0.1) is 0 Å². The molecular weight excluding hydrogens is 278 g/mol. The number of fused-ring (bicyclic) bond motifs is 1. The van der Waals surface area contributed by atoms with E-state index in [9.17, 15) is 4.79 Å². The van der Waals surface area contributed by atoms with Crippen molar-refractivity contribution < 1.29 is 4.79 Å². The Kier molecular flexibility index (Phi) is 4.09. The zero-order chi connectivity index (χ0) is 15.5. The van der Waals surface area contributed by atoms with Gasteiger partial charge in [0.1, 0.15) is 5.82 Å². The Bertz CT molecular complexity index is 666. The molecule has 1 aliphatic heterocycles. The van der Waals surface area contributed by atoms with Crippen LogP contribution in [0.15, 0.2) is 30.9 Å². The van der Waals surface area contributed by atoms with Crippen LogP contribution in [-0.4, -0.2) is 39.1 Å². The minimum atomic E-state index is -0.0780. The number of aryl methyl sites for hydroxylation is 2. The molecule has 1 N–H and O–H groups in total. The van der Waals surface area contributed by atoms with Crippen LogP contribution in [0.4, 0.5) is 10.5 Å². The molecule has 116 valence electrons. The molecule has 2 aromatic rings. The molecule has 2 aromatic heterocycles. The Labute approximate surface area is 130 Å². The third-order valence-corrected chi connectivity index (χ3v) is 4.17. The topological polar surface area (TPSA) is 63.1 Å². The summed E-state index contributed by atoms with van der Waals surface area (Å²) in [6.07, 6.45) is 9.35. The number of urea groups is 1. The largest absolute Gasteiger partial charge is 0.335 e. The van der Waals surface area contributed by atoms with Crippen molar-refractivity contribution in [3.63, 3.8) is 0 Å². The Morgan fingerprint density at radius 2 is 2.36 bits per heavy atom. The van der Waals surface area contributed by atoms with Gasteiger partial charge in [0.25, 0.3) is 0 Å². The molecule has 1 unspecified atom stereocenters. The van der Waals surface area contributed by atoms with Gasteiger partial charge in [0, 0.05) is 57.0 Å². The highest BCUT2D eigenvalue weighted by molar-refractivity contribution is 5.89. The SMILES string of the molecule is Cc1cnccc1NC(=O)N(C)CC1CCc2nccn2C1. The van der Waals surface area contributed by atoms with Gasteiger partial charge in [-0.25, -0.2) is 9.78 Å². The number of carbonyl (C=O) groups is 1. The van der Waals surface area contributed by atoms with Crippen molar-refractivity contribution in [2.75, 3.05) is 18.9 Å². The molecule has 1 atom stereocenters. The fraction of sp³-hybridized carbons (Fsp3) is 0.438. The molecule has 6 nitrogen and oxygen atoms in total. The van der Waals surface area contributed by atoms with Gasteiger partial charge in [0.15, 0.2) is 0 Å². The highest BCUT2D eigenvalue weighted by Crippen LogP contribution is 2.20. The Morgan fingerprint density at radius 3 is 3.18 bits per heavy atom. The summed E-state index contributed by atoms with van der Waals surface area (Å²) in [5.74, 6) is 1.62. The average Bonchev–Trinajstić information content (AvgIpc) is 2.97. The van der Waals surface area contributed by atoms with Crippen LogP contribution in [0, 0.1) is 12.8 Å². The second-order valence-electron chi connectivity index (χ2n) is 5.90. The van der Waals surface area contributed by atoms with E-state index in [4.69, 9.17) is 0 Å². The average molecular weight is 299 g/mol. The van der Waals surface area contributed by atoms with E-state index in [1.54, 1.807) is 17.3 Å². The van der Waals surface area contributed by atoms with Crippen molar-refractivity contribution >= 4 is 11.7 Å². The number of carbonyl (C=O) groups excluding carboxylic acids is 1. The molecule has 0 spiro atoms. The summed E-state index contributed by atoms with van der Waals surface area (Å²) in [4.78, 5) is 22.4. The first-order chi connectivity index (χ1) is 10.6. The van der Waals surface area contributed by atoms with Crippen molar-refractivity contribution in [3.8, 4) is 0 Å². The van der Waals surface area contributed by atoms with E-state index < -0.39 is 0 Å². The minimum Gasteiger partial charge on any atom is -0.335 e. The summed E-state index contributed by atoms with van der Waals surface area (Å²) < 4.78 is 2.19. The smallest absolute Gasteiger partial charge is 0.321 e. The number of hydrogen-bond donors (Lipinski definition) is 1. The number of nitrogens with zero attached hydrogens (tertiary/aromatic N) is 4. The van der Waals surface area contributed by atoms with E-state index in [2.05, 4.69) is 19.9 Å². The summed E-state index contributed by atoms with van der Waals surface area (Å²) in [5, 5.41) is 2.94. The number of amides is 2. The molecule has 0 aliphatic carbocycles. The zero-order valence-electron chi connectivity index (χ0n) is 13.0. The molecule has 0 fully saturated rings. The normalized spacial score (nSPS) is 16.9. The van der Waals surface area contributed by atoms with Crippen LogP contribution >= 0.6 is 0 Å². The van der Waals surface area contributed by atoms with E-state index in [0.29, 0.717) is 5.92 Å². The van der Waals surface area contributed by atoms with Crippen LogP contribution < -0.4 is 5.32 Å². The van der Waals surface area contributed by atoms with Crippen molar-refractivity contribution in [2.24, 2.45) is 5.92 Å². The van der Waals surface area contributed by atoms with Crippen molar-refractivity contribution in [1.29, 1.82) is 0 Å². The van der Waals surface area contributed by atoms with Gasteiger partial charge in [-0.1, -0.05) is 0 Å². The van der Waals surface area contributed by atoms with Crippen LogP contribution in [0.3, 0.4) is 0 Å². The molecule has 3 rings (SSSR count). The molecule has 2 amide bonds. The summed E-state index contributed by atoms with van der Waals surface area (Å²) in [6, 6.07) is 1.74. The molecule has 0 radical (unpaired) electrons. The fourth-order valence-corrected chi connectivity index (χ4v) is 2.88. The first kappa shape index (κ1) is 14.6. The maximum Gasteiger partial charge on any atom is 0.321 e. The minimum absolute atomic E-state index is 0.0780. The van der Waals surface area contributed by atoms with E-state index in [-0.39, 0.29) is 6.03 Å². The molecular formula is C16H21N5O. The molecule has 3 heterocycles. The third-order valence-electron chi connectivity index (χ3n) is 4.17. The Hall–Kier alpha value is -2.37. The van der Waals surface area contributed by atoms with Gasteiger partial charge in [0.2, 0.25) is 0 Å². The number of hydrogen-bond acceptors (Lipinski definition) is 3. The monoisotopic (exact) mass is 299 g/mol. The fourth-order valence-electron chi connectivity index (χ4n) is 2.88. The first-order valence-corrected chi connectivity index (χ1v) is 7.56. The van der Waals surface area contributed by atoms with Crippen molar-refractivity contribution in [3.05, 3.63) is 42.2 Å². The Balaban J connectivity index is 1.57. The quantitative estimate of drug-likeness (QED) is 0.946. The second-order valence-corrected chi connectivity index (χ2v) is 5.90. The molecule has 1 aliphatic rings. The Morgan fingerprint density at radius 1 is 1.50 bits per heavy atom. The van der Waals surface area contributed by atoms with Crippen LogP contribution in [-0.2, 0) is 13.0 Å². The van der Waals surface area contributed by atoms with Gasteiger partial charge in [-0.05, 0) is 30.9 Å². The highest BCUT2D eigenvalue weighted by atomic mass is 16.2. The maximum absolute atomic E-state index is 12.3. The van der Waals surface area contributed by atoms with Crippen LogP contribution in [0.1, 0.15) is 17.8 Å². The molecule has 6 heteroatoms. The van der Waals surface area contributed by atoms with E-state index >= 15 is 0 Å². The van der Waals surface area contributed by atoms with E-state index in [1.165, 1.54) is 0 Å². The van der Waals surface area contributed by atoms with Gasteiger partial charge in [-0.2, -0.15) is 0 Å². The molecule has 0 saturated heterocycles. The first-order valence-electron chi connectivity index (χ1n) is 7.56. The predicted molar refractivity (Wildman–Crippen MR) is 84.7 cm³/mol. The van der Waals surface area contributed by atoms with Crippen LogP contribution in [0.2, 0.25) is 0 Å². The van der Waals surface area contributed by atoms with Crippen molar-refractivity contribution in [2.45, 2.75) is 26.3 Å². The number of imidazole rings is 1. The molecule has 0 aromatic carbocycles. The second kappa shape index (κ2) is 6.17.